The first kappa shape index (κ1) is 16.2. The zero-order valence-corrected chi connectivity index (χ0v) is 14.0. The summed E-state index contributed by atoms with van der Waals surface area (Å²) in [5.41, 5.74) is 1.24. The molecule has 0 N–H and O–H groups in total. The number of ether oxygens (including phenoxy) is 1. The topological polar surface area (TPSA) is 32.8 Å². The number of hydrogen-bond donors (Lipinski definition) is 0. The van der Waals surface area contributed by atoms with Gasteiger partial charge in [0.15, 0.2) is 0 Å². The molecule has 2 heterocycles. The van der Waals surface area contributed by atoms with Gasteiger partial charge in [-0.25, -0.2) is 0 Å². The first-order valence-electron chi connectivity index (χ1n) is 7.95. The number of carbonyl (C=O) groups is 1. The molecule has 1 amide bonds. The average molecular weight is 330 g/mol. The van der Waals surface area contributed by atoms with E-state index in [1.165, 1.54) is 10.4 Å². The summed E-state index contributed by atoms with van der Waals surface area (Å²) in [7, 11) is 0. The van der Waals surface area contributed by atoms with E-state index in [1.807, 2.05) is 23.1 Å². The maximum atomic E-state index is 12.6. The van der Waals surface area contributed by atoms with E-state index in [0.29, 0.717) is 32.8 Å². The molecular formula is C18H22N2O2S. The third-order valence-electron chi connectivity index (χ3n) is 3.93. The second-order valence-corrected chi connectivity index (χ2v) is 6.74. The molecule has 1 aliphatic rings. The molecule has 4 nitrogen and oxygen atoms in total. The summed E-state index contributed by atoms with van der Waals surface area (Å²) in [5.74, 6) is 0.195. The van der Waals surface area contributed by atoms with Gasteiger partial charge in [0.05, 0.1) is 19.8 Å². The first-order valence-corrected chi connectivity index (χ1v) is 8.83. The van der Waals surface area contributed by atoms with Crippen molar-refractivity contribution in [2.24, 2.45) is 0 Å². The van der Waals surface area contributed by atoms with Crippen molar-refractivity contribution in [3.8, 4) is 0 Å². The number of benzene rings is 1. The maximum Gasteiger partial charge on any atom is 0.236 e. The van der Waals surface area contributed by atoms with Crippen LogP contribution in [0.5, 0.6) is 0 Å². The standard InChI is InChI=1S/C18H22N2O2S/c21-18(20-8-10-22-11-9-20)15-19(14-17-7-4-12-23-17)13-16-5-2-1-3-6-16/h1-7,12H,8-11,13-15H2. The highest BCUT2D eigenvalue weighted by molar-refractivity contribution is 7.09. The Bertz CT molecular complexity index is 595. The molecule has 0 atom stereocenters. The molecule has 3 rings (SSSR count). The van der Waals surface area contributed by atoms with Gasteiger partial charge in [-0.3, -0.25) is 9.69 Å². The Kier molecular flexibility index (Phi) is 5.80. The van der Waals surface area contributed by atoms with Crippen molar-refractivity contribution in [3.63, 3.8) is 0 Å². The van der Waals surface area contributed by atoms with Gasteiger partial charge in [0.2, 0.25) is 5.91 Å². The Morgan fingerprint density at radius 1 is 1.09 bits per heavy atom. The van der Waals surface area contributed by atoms with Crippen molar-refractivity contribution in [3.05, 3.63) is 58.3 Å². The molecule has 1 aromatic carbocycles. The minimum absolute atomic E-state index is 0.195. The number of rotatable bonds is 6. The summed E-state index contributed by atoms with van der Waals surface area (Å²) in [6, 6.07) is 14.5. The third-order valence-corrected chi connectivity index (χ3v) is 4.79. The normalized spacial score (nSPS) is 15.1. The van der Waals surface area contributed by atoms with Gasteiger partial charge in [0, 0.05) is 31.1 Å². The highest BCUT2D eigenvalue weighted by Crippen LogP contribution is 2.15. The zero-order chi connectivity index (χ0) is 15.9. The molecule has 1 fully saturated rings. The molecule has 5 heteroatoms. The fraction of sp³-hybridized carbons (Fsp3) is 0.389. The number of carbonyl (C=O) groups excluding carboxylic acids is 1. The van der Waals surface area contributed by atoms with Crippen LogP contribution in [0.1, 0.15) is 10.4 Å². The molecule has 0 saturated carbocycles. The van der Waals surface area contributed by atoms with E-state index in [9.17, 15) is 4.79 Å². The summed E-state index contributed by atoms with van der Waals surface area (Å²) in [6.45, 7) is 4.75. The van der Waals surface area contributed by atoms with Crippen LogP contribution in [0.25, 0.3) is 0 Å². The fourth-order valence-corrected chi connectivity index (χ4v) is 3.48. The van der Waals surface area contributed by atoms with Crippen LogP contribution in [-0.2, 0) is 22.6 Å². The van der Waals surface area contributed by atoms with E-state index in [4.69, 9.17) is 4.74 Å². The highest BCUT2D eigenvalue weighted by atomic mass is 32.1. The molecule has 0 aliphatic carbocycles. The molecule has 2 aromatic rings. The van der Waals surface area contributed by atoms with Crippen molar-refractivity contribution in [1.29, 1.82) is 0 Å². The Morgan fingerprint density at radius 2 is 1.87 bits per heavy atom. The van der Waals surface area contributed by atoms with E-state index in [1.54, 1.807) is 11.3 Å². The van der Waals surface area contributed by atoms with Crippen LogP contribution in [0.15, 0.2) is 47.8 Å². The van der Waals surface area contributed by atoms with E-state index >= 15 is 0 Å². The molecule has 0 bridgehead atoms. The van der Waals surface area contributed by atoms with E-state index < -0.39 is 0 Å². The van der Waals surface area contributed by atoms with Crippen molar-refractivity contribution >= 4 is 17.2 Å². The predicted molar refractivity (Wildman–Crippen MR) is 92.3 cm³/mol. The lowest BCUT2D eigenvalue weighted by Gasteiger charge is -2.30. The molecule has 0 unspecified atom stereocenters. The third kappa shape index (κ3) is 4.89. The number of amides is 1. The Balaban J connectivity index is 1.65. The lowest BCUT2D eigenvalue weighted by Crippen LogP contribution is -2.45. The van der Waals surface area contributed by atoms with Crippen LogP contribution in [-0.4, -0.2) is 48.6 Å². The SMILES string of the molecule is O=C(CN(Cc1ccccc1)Cc1cccs1)N1CCOCC1. The molecule has 1 aromatic heterocycles. The maximum absolute atomic E-state index is 12.6. The van der Waals surface area contributed by atoms with Crippen LogP contribution in [0, 0.1) is 0 Å². The van der Waals surface area contributed by atoms with Gasteiger partial charge in [-0.05, 0) is 17.0 Å². The molecule has 122 valence electrons. The average Bonchev–Trinajstić information content (AvgIpc) is 3.09. The van der Waals surface area contributed by atoms with Crippen LogP contribution in [0.2, 0.25) is 0 Å². The summed E-state index contributed by atoms with van der Waals surface area (Å²) in [6.07, 6.45) is 0. The summed E-state index contributed by atoms with van der Waals surface area (Å²) in [5, 5.41) is 2.08. The fourth-order valence-electron chi connectivity index (χ4n) is 2.74. The largest absolute Gasteiger partial charge is 0.378 e. The lowest BCUT2D eigenvalue weighted by atomic mass is 10.2. The van der Waals surface area contributed by atoms with E-state index in [0.717, 1.165) is 13.1 Å². The van der Waals surface area contributed by atoms with Gasteiger partial charge in [0.1, 0.15) is 0 Å². The zero-order valence-electron chi connectivity index (χ0n) is 13.2. The van der Waals surface area contributed by atoms with Gasteiger partial charge < -0.3 is 9.64 Å². The minimum Gasteiger partial charge on any atom is -0.378 e. The molecule has 1 saturated heterocycles. The lowest BCUT2D eigenvalue weighted by molar-refractivity contribution is -0.136. The van der Waals surface area contributed by atoms with E-state index in [2.05, 4.69) is 34.5 Å². The van der Waals surface area contributed by atoms with Crippen molar-refractivity contribution in [2.75, 3.05) is 32.8 Å². The minimum atomic E-state index is 0.195. The highest BCUT2D eigenvalue weighted by Gasteiger charge is 2.20. The van der Waals surface area contributed by atoms with Crippen LogP contribution < -0.4 is 0 Å². The van der Waals surface area contributed by atoms with Gasteiger partial charge in [-0.2, -0.15) is 0 Å². The van der Waals surface area contributed by atoms with Crippen molar-refractivity contribution in [2.45, 2.75) is 13.1 Å². The Labute approximate surface area is 141 Å². The Hall–Kier alpha value is -1.69. The molecule has 1 aliphatic heterocycles. The molecule has 23 heavy (non-hydrogen) atoms. The van der Waals surface area contributed by atoms with Gasteiger partial charge in [0.25, 0.3) is 0 Å². The van der Waals surface area contributed by atoms with Crippen molar-refractivity contribution in [1.82, 2.24) is 9.80 Å². The summed E-state index contributed by atoms with van der Waals surface area (Å²) >= 11 is 1.74. The van der Waals surface area contributed by atoms with Crippen LogP contribution in [0.4, 0.5) is 0 Å². The van der Waals surface area contributed by atoms with Gasteiger partial charge >= 0.3 is 0 Å². The summed E-state index contributed by atoms with van der Waals surface area (Å²) < 4.78 is 5.33. The number of hydrogen-bond acceptors (Lipinski definition) is 4. The summed E-state index contributed by atoms with van der Waals surface area (Å²) in [4.78, 5) is 18.0. The second kappa shape index (κ2) is 8.24. The smallest absolute Gasteiger partial charge is 0.236 e. The molecular weight excluding hydrogens is 308 g/mol. The second-order valence-electron chi connectivity index (χ2n) is 5.70. The Morgan fingerprint density at radius 3 is 2.57 bits per heavy atom. The number of nitrogens with zero attached hydrogens (tertiary/aromatic N) is 2. The number of morpholine rings is 1. The molecule has 0 radical (unpaired) electrons. The van der Waals surface area contributed by atoms with E-state index in [-0.39, 0.29) is 5.91 Å². The quantitative estimate of drug-likeness (QED) is 0.816. The molecule has 0 spiro atoms. The van der Waals surface area contributed by atoms with Crippen molar-refractivity contribution < 1.29 is 9.53 Å². The van der Waals surface area contributed by atoms with Gasteiger partial charge in [-0.15, -0.1) is 11.3 Å². The van der Waals surface area contributed by atoms with Crippen LogP contribution >= 0.6 is 11.3 Å². The van der Waals surface area contributed by atoms with Crippen LogP contribution in [0.3, 0.4) is 0 Å². The van der Waals surface area contributed by atoms with Gasteiger partial charge in [-0.1, -0.05) is 36.4 Å². The first-order chi connectivity index (χ1) is 11.3. The predicted octanol–water partition coefficient (Wildman–Crippen LogP) is 2.61. The number of thiophene rings is 1. The monoisotopic (exact) mass is 330 g/mol.